The summed E-state index contributed by atoms with van der Waals surface area (Å²) in [6.45, 7) is 10.8. The average molecular weight is 521 g/mol. The predicted octanol–water partition coefficient (Wildman–Crippen LogP) is 1.82. The first-order valence-corrected chi connectivity index (χ1v) is 14.8. The van der Waals surface area contributed by atoms with E-state index in [1.54, 1.807) is 0 Å². The minimum Gasteiger partial charge on any atom is -0.726 e. The van der Waals surface area contributed by atoms with Crippen LogP contribution in [0.4, 0.5) is 0 Å². The van der Waals surface area contributed by atoms with E-state index in [0.717, 1.165) is 69.8 Å². The largest absolute Gasteiger partial charge is 1.00 e. The molecule has 2 N–H and O–H groups in total. The maximum absolute atomic E-state index is 11.3. The summed E-state index contributed by atoms with van der Waals surface area (Å²) in [6, 6.07) is 0. The fourth-order valence-corrected chi connectivity index (χ4v) is 9.71. The summed E-state index contributed by atoms with van der Waals surface area (Å²) in [4.78, 5) is 0. The zero-order valence-electron chi connectivity index (χ0n) is 22.2. The Morgan fingerprint density at radius 1 is 1.03 bits per heavy atom. The van der Waals surface area contributed by atoms with Crippen LogP contribution in [-0.2, 0) is 14.6 Å². The molecule has 0 radical (unpaired) electrons. The summed E-state index contributed by atoms with van der Waals surface area (Å²) < 4.78 is 38.7. The molecule has 4 fully saturated rings. The zero-order chi connectivity index (χ0) is 24.9. The van der Waals surface area contributed by atoms with Gasteiger partial charge in [-0.1, -0.05) is 19.4 Å². The predicted molar refractivity (Wildman–Crippen MR) is 130 cm³/mol. The second kappa shape index (κ2) is 11.3. The standard InChI is InChI=1S/C27H46O6S.Na/c1-17(2)6-5-7-18(16-33-34(30,31)32)20-10-11-21-19-8-9-23-25(29)24(28)13-15-27(23,4)22(19)12-14-26(20,21)3;/h18-25,28-29H,1,5-16H2,2-4H3,(H,30,31,32);/q;+1/p-1/t18-,19-,20+,21-,22-,23+,24+,25-,26+,27+;/m0./s1. The first-order valence-electron chi connectivity index (χ1n) is 13.5. The van der Waals surface area contributed by atoms with E-state index in [1.807, 2.05) is 6.92 Å². The molecule has 0 heterocycles. The molecule has 35 heavy (non-hydrogen) atoms. The second-order valence-electron chi connectivity index (χ2n) is 12.7. The first-order chi connectivity index (χ1) is 15.9. The van der Waals surface area contributed by atoms with Gasteiger partial charge in [0.15, 0.2) is 0 Å². The molecule has 196 valence electrons. The van der Waals surface area contributed by atoms with Crippen molar-refractivity contribution in [1.29, 1.82) is 0 Å². The van der Waals surface area contributed by atoms with Crippen molar-refractivity contribution in [3.05, 3.63) is 12.2 Å². The zero-order valence-corrected chi connectivity index (χ0v) is 25.1. The van der Waals surface area contributed by atoms with E-state index in [1.165, 1.54) is 0 Å². The molecular weight excluding hydrogens is 475 g/mol. The van der Waals surface area contributed by atoms with Crippen molar-refractivity contribution >= 4 is 10.4 Å². The van der Waals surface area contributed by atoms with Crippen molar-refractivity contribution in [3.8, 4) is 0 Å². The van der Waals surface area contributed by atoms with Crippen molar-refractivity contribution in [1.82, 2.24) is 0 Å². The smallest absolute Gasteiger partial charge is 0.726 e. The van der Waals surface area contributed by atoms with Crippen molar-refractivity contribution < 1.29 is 56.9 Å². The fourth-order valence-electron chi connectivity index (χ4n) is 9.37. The number of hydrogen-bond donors (Lipinski definition) is 2. The number of rotatable bonds is 8. The molecule has 4 aliphatic carbocycles. The van der Waals surface area contributed by atoms with Gasteiger partial charge in [0.1, 0.15) is 0 Å². The van der Waals surface area contributed by atoms with E-state index in [9.17, 15) is 23.2 Å². The minimum atomic E-state index is -4.70. The molecule has 0 bridgehead atoms. The van der Waals surface area contributed by atoms with Gasteiger partial charge in [0.05, 0.1) is 18.8 Å². The van der Waals surface area contributed by atoms with E-state index in [4.69, 9.17) is 4.18 Å². The van der Waals surface area contributed by atoms with Crippen molar-refractivity contribution in [2.24, 2.45) is 46.3 Å². The molecule has 0 amide bonds. The number of hydrogen-bond acceptors (Lipinski definition) is 6. The molecule has 0 aromatic heterocycles. The summed E-state index contributed by atoms with van der Waals surface area (Å²) in [7, 11) is -4.70. The Morgan fingerprint density at radius 2 is 1.66 bits per heavy atom. The quantitative estimate of drug-likeness (QED) is 0.219. The molecule has 6 nitrogen and oxygen atoms in total. The van der Waals surface area contributed by atoms with Crippen LogP contribution >= 0.6 is 0 Å². The molecule has 0 spiro atoms. The Bertz CT molecular complexity index is 864. The minimum absolute atomic E-state index is 0. The van der Waals surface area contributed by atoms with Crippen molar-refractivity contribution in [2.75, 3.05) is 6.61 Å². The normalized spacial score (nSPS) is 43.9. The third-order valence-corrected chi connectivity index (χ3v) is 11.4. The molecule has 8 heteroatoms. The summed E-state index contributed by atoms with van der Waals surface area (Å²) in [5.74, 6) is 2.39. The van der Waals surface area contributed by atoms with Gasteiger partial charge in [-0.05, 0) is 124 Å². The Balaban J connectivity index is 0.00000342. The number of aliphatic hydroxyl groups is 2. The summed E-state index contributed by atoms with van der Waals surface area (Å²) >= 11 is 0. The topological polar surface area (TPSA) is 107 Å². The van der Waals surface area contributed by atoms with E-state index < -0.39 is 22.6 Å². The molecule has 0 aromatic carbocycles. The van der Waals surface area contributed by atoms with Crippen LogP contribution in [0, 0.1) is 46.3 Å². The summed E-state index contributed by atoms with van der Waals surface area (Å²) in [5.41, 5.74) is 1.33. The Kier molecular flexibility index (Phi) is 9.74. The van der Waals surface area contributed by atoms with Gasteiger partial charge in [-0.25, -0.2) is 8.42 Å². The Labute approximate surface area is 234 Å². The maximum Gasteiger partial charge on any atom is 1.00 e. The molecule has 4 rings (SSSR count). The van der Waals surface area contributed by atoms with Gasteiger partial charge in [0.25, 0.3) is 0 Å². The van der Waals surface area contributed by atoms with Crippen LogP contribution in [0.2, 0.25) is 0 Å². The van der Waals surface area contributed by atoms with Gasteiger partial charge in [-0.2, -0.15) is 0 Å². The van der Waals surface area contributed by atoms with Gasteiger partial charge >= 0.3 is 29.6 Å². The summed E-state index contributed by atoms with van der Waals surface area (Å²) in [6.07, 6.45) is 9.71. The molecule has 0 aliphatic heterocycles. The third kappa shape index (κ3) is 5.93. The van der Waals surface area contributed by atoms with E-state index in [2.05, 4.69) is 20.4 Å². The third-order valence-electron chi connectivity index (χ3n) is 11.0. The van der Waals surface area contributed by atoms with Crippen LogP contribution in [0.3, 0.4) is 0 Å². The molecule has 0 aromatic rings. The molecule has 0 unspecified atom stereocenters. The van der Waals surface area contributed by atoms with Crippen LogP contribution in [0.25, 0.3) is 0 Å². The van der Waals surface area contributed by atoms with Crippen LogP contribution in [0.5, 0.6) is 0 Å². The molecule has 0 saturated heterocycles. The molecular formula is C27H45NaO6S. The summed E-state index contributed by atoms with van der Waals surface area (Å²) in [5, 5.41) is 21.1. The average Bonchev–Trinajstić information content (AvgIpc) is 3.10. The van der Waals surface area contributed by atoms with E-state index >= 15 is 0 Å². The molecule has 4 saturated carbocycles. The van der Waals surface area contributed by atoms with Gasteiger partial charge < -0.3 is 14.8 Å². The van der Waals surface area contributed by atoms with Crippen molar-refractivity contribution in [2.45, 2.75) is 104 Å². The van der Waals surface area contributed by atoms with Crippen LogP contribution in [0.15, 0.2) is 12.2 Å². The Morgan fingerprint density at radius 3 is 2.31 bits per heavy atom. The number of allylic oxidation sites excluding steroid dienone is 1. The second-order valence-corrected chi connectivity index (χ2v) is 13.7. The van der Waals surface area contributed by atoms with Crippen LogP contribution in [-0.4, -0.2) is 42.0 Å². The van der Waals surface area contributed by atoms with Gasteiger partial charge in [-0.3, -0.25) is 4.18 Å². The van der Waals surface area contributed by atoms with Crippen LogP contribution < -0.4 is 29.6 Å². The van der Waals surface area contributed by atoms with Crippen LogP contribution in [0.1, 0.15) is 91.4 Å². The van der Waals surface area contributed by atoms with Gasteiger partial charge in [-0.15, -0.1) is 6.58 Å². The SMILES string of the molecule is C=C(C)CCC[C@@H](COS(=O)(=O)[O-])[C@H]1CC[C@H]2[C@@H]3CC[C@@H]4[C@H](O)[C@H](O)CC[C@]4(C)[C@H]3CC[C@]12C.[Na+]. The Hall–Kier alpha value is 0.530. The monoisotopic (exact) mass is 520 g/mol. The number of fused-ring (bicyclic) bond motifs is 5. The molecule has 4 aliphatic rings. The first kappa shape index (κ1) is 30.1. The maximum atomic E-state index is 11.3. The van der Waals surface area contributed by atoms with Gasteiger partial charge in [0, 0.05) is 0 Å². The van der Waals surface area contributed by atoms with E-state index in [0.29, 0.717) is 30.1 Å². The van der Waals surface area contributed by atoms with Crippen molar-refractivity contribution in [3.63, 3.8) is 0 Å². The molecule has 10 atom stereocenters. The number of aliphatic hydroxyl groups excluding tert-OH is 2. The van der Waals surface area contributed by atoms with Gasteiger partial charge in [0.2, 0.25) is 10.4 Å². The van der Waals surface area contributed by atoms with E-state index in [-0.39, 0.29) is 58.8 Å². The fraction of sp³-hybridized carbons (Fsp3) is 0.926.